The Labute approximate surface area is 162 Å². The molecule has 1 aromatic carbocycles. The third-order valence-corrected chi connectivity index (χ3v) is 3.88. The summed E-state index contributed by atoms with van der Waals surface area (Å²) >= 11 is 0. The minimum Gasteiger partial charge on any atom is -0.465 e. The van der Waals surface area contributed by atoms with Gasteiger partial charge in [0.05, 0.1) is 50.6 Å². The number of benzene rings is 1. The minimum atomic E-state index is -1.18. The second-order valence-electron chi connectivity index (χ2n) is 5.91. The van der Waals surface area contributed by atoms with Gasteiger partial charge in [-0.3, -0.25) is 0 Å². The van der Waals surface area contributed by atoms with E-state index in [1.165, 1.54) is 4.57 Å². The number of hydrogen-bond acceptors (Lipinski definition) is 6. The van der Waals surface area contributed by atoms with Crippen LogP contribution in [0.1, 0.15) is 11.4 Å². The molecule has 28 heavy (non-hydrogen) atoms. The van der Waals surface area contributed by atoms with Gasteiger partial charge in [0.1, 0.15) is 5.82 Å². The molecule has 10 nitrogen and oxygen atoms in total. The van der Waals surface area contributed by atoms with E-state index in [1.54, 1.807) is 13.2 Å². The van der Waals surface area contributed by atoms with Crippen molar-refractivity contribution in [2.75, 3.05) is 46.7 Å². The average molecular weight is 394 g/mol. The highest BCUT2D eigenvalue weighted by atomic mass is 16.5. The molecule has 2 amide bonds. The number of carbonyl (C=O) groups excluding carboxylic acids is 1. The third kappa shape index (κ3) is 6.19. The van der Waals surface area contributed by atoms with Crippen LogP contribution in [-0.2, 0) is 20.8 Å². The van der Waals surface area contributed by atoms with Crippen molar-refractivity contribution in [3.8, 4) is 0 Å². The lowest BCUT2D eigenvalue weighted by molar-refractivity contribution is 0.0259. The van der Waals surface area contributed by atoms with Gasteiger partial charge in [-0.25, -0.2) is 19.1 Å². The van der Waals surface area contributed by atoms with Crippen LogP contribution in [0.25, 0.3) is 11.0 Å². The topological polar surface area (TPSA) is 124 Å². The molecular formula is C18H26N4O6. The maximum absolute atomic E-state index is 12.6. The predicted octanol–water partition coefficient (Wildman–Crippen LogP) is 1.35. The first kappa shape index (κ1) is 21.6. The van der Waals surface area contributed by atoms with E-state index in [-0.39, 0.29) is 6.54 Å². The van der Waals surface area contributed by atoms with Crippen LogP contribution in [0.5, 0.6) is 0 Å². The molecule has 0 aliphatic carbocycles. The zero-order chi connectivity index (χ0) is 20.4. The first-order valence-corrected chi connectivity index (χ1v) is 8.91. The van der Waals surface area contributed by atoms with Gasteiger partial charge >= 0.3 is 12.1 Å². The number of aryl methyl sites for hydroxylation is 1. The lowest BCUT2D eigenvalue weighted by Crippen LogP contribution is -2.34. The normalized spacial score (nSPS) is 10.9. The van der Waals surface area contributed by atoms with Gasteiger partial charge in [0.25, 0.3) is 0 Å². The van der Waals surface area contributed by atoms with Crippen LogP contribution >= 0.6 is 0 Å². The summed E-state index contributed by atoms with van der Waals surface area (Å²) in [5.74, 6) is 0.316. The van der Waals surface area contributed by atoms with Crippen LogP contribution < -0.4 is 10.6 Å². The summed E-state index contributed by atoms with van der Waals surface area (Å²) in [5.41, 5.74) is 2.17. The van der Waals surface area contributed by atoms with Gasteiger partial charge < -0.3 is 30.0 Å². The molecular weight excluding hydrogens is 368 g/mol. The summed E-state index contributed by atoms with van der Waals surface area (Å²) in [6.07, 6.45) is -1.18. The van der Waals surface area contributed by atoms with E-state index in [9.17, 15) is 9.59 Å². The lowest BCUT2D eigenvalue weighted by atomic mass is 10.2. The fourth-order valence-electron chi connectivity index (χ4n) is 2.56. The number of nitrogens with zero attached hydrogens (tertiary/aromatic N) is 2. The number of para-hydroxylation sites is 1. The number of nitrogens with one attached hydrogen (secondary N) is 2. The summed E-state index contributed by atoms with van der Waals surface area (Å²) in [4.78, 5) is 27.9. The van der Waals surface area contributed by atoms with Crippen molar-refractivity contribution in [2.24, 2.45) is 0 Å². The zero-order valence-corrected chi connectivity index (χ0v) is 16.1. The molecule has 0 radical (unpaired) electrons. The summed E-state index contributed by atoms with van der Waals surface area (Å²) in [6, 6.07) is 5.08. The molecule has 3 N–H and O–H groups in total. The average Bonchev–Trinajstić information content (AvgIpc) is 3.05. The molecule has 0 spiro atoms. The molecule has 0 atom stereocenters. The summed E-state index contributed by atoms with van der Waals surface area (Å²) < 4.78 is 16.9. The molecule has 0 unspecified atom stereocenters. The Morgan fingerprint density at radius 1 is 1.11 bits per heavy atom. The fraction of sp³-hybridized carbons (Fsp3) is 0.500. The molecule has 0 saturated carbocycles. The first-order chi connectivity index (χ1) is 13.5. The molecule has 0 aliphatic rings. The van der Waals surface area contributed by atoms with Crippen molar-refractivity contribution in [1.29, 1.82) is 0 Å². The summed E-state index contributed by atoms with van der Waals surface area (Å²) in [6.45, 7) is 4.35. The maximum atomic E-state index is 12.6. The highest BCUT2D eigenvalue weighted by Gasteiger charge is 2.18. The Morgan fingerprint density at radius 2 is 1.82 bits per heavy atom. The van der Waals surface area contributed by atoms with Gasteiger partial charge in [-0.1, -0.05) is 12.1 Å². The van der Waals surface area contributed by atoms with Crippen molar-refractivity contribution in [1.82, 2.24) is 20.2 Å². The molecule has 2 rings (SSSR count). The van der Waals surface area contributed by atoms with Crippen molar-refractivity contribution in [3.05, 3.63) is 29.6 Å². The Bertz CT molecular complexity index is 792. The number of carboxylic acid groups (broad SMARTS) is 1. The van der Waals surface area contributed by atoms with E-state index in [2.05, 4.69) is 15.6 Å². The molecule has 0 aliphatic heterocycles. The standard InChI is InChI=1S/C18H26N4O6/c1-13-4-3-5-14-16(13)21-15(12-20-18(24)25)22(14)17(23)19-6-7-27-10-11-28-9-8-26-2/h3-5,20H,6-12H2,1-2H3,(H,19,23)(H,24,25). The molecule has 0 saturated heterocycles. The van der Waals surface area contributed by atoms with Crippen LogP contribution in [0, 0.1) is 6.92 Å². The molecule has 1 heterocycles. The Morgan fingerprint density at radius 3 is 2.54 bits per heavy atom. The number of amides is 2. The van der Waals surface area contributed by atoms with Crippen LogP contribution in [0.3, 0.4) is 0 Å². The largest absolute Gasteiger partial charge is 0.465 e. The van der Waals surface area contributed by atoms with E-state index >= 15 is 0 Å². The Kier molecular flexibility index (Phi) is 8.66. The molecule has 0 bridgehead atoms. The van der Waals surface area contributed by atoms with Crippen LogP contribution in [0.2, 0.25) is 0 Å². The summed E-state index contributed by atoms with van der Waals surface area (Å²) in [7, 11) is 1.61. The van der Waals surface area contributed by atoms with E-state index in [0.29, 0.717) is 56.4 Å². The third-order valence-electron chi connectivity index (χ3n) is 3.88. The maximum Gasteiger partial charge on any atom is 0.405 e. The van der Waals surface area contributed by atoms with Gasteiger partial charge in [0.2, 0.25) is 0 Å². The number of carbonyl (C=O) groups is 2. The number of hydrogen-bond donors (Lipinski definition) is 3. The molecule has 1 aromatic heterocycles. The van der Waals surface area contributed by atoms with Crippen LogP contribution in [0.15, 0.2) is 18.2 Å². The van der Waals surface area contributed by atoms with E-state index in [0.717, 1.165) is 5.56 Å². The highest BCUT2D eigenvalue weighted by molar-refractivity contribution is 5.91. The van der Waals surface area contributed by atoms with Gasteiger partial charge in [-0.2, -0.15) is 0 Å². The number of methoxy groups -OCH3 is 1. The molecule has 154 valence electrons. The van der Waals surface area contributed by atoms with Gasteiger partial charge in [-0.05, 0) is 18.6 Å². The number of rotatable bonds is 11. The van der Waals surface area contributed by atoms with Gasteiger partial charge in [0.15, 0.2) is 0 Å². The van der Waals surface area contributed by atoms with E-state index in [1.807, 2.05) is 19.1 Å². The number of ether oxygens (including phenoxy) is 3. The number of aromatic nitrogens is 2. The zero-order valence-electron chi connectivity index (χ0n) is 16.1. The molecule has 0 fully saturated rings. The Balaban J connectivity index is 1.91. The summed E-state index contributed by atoms with van der Waals surface area (Å²) in [5, 5.41) is 13.9. The molecule has 10 heteroatoms. The SMILES string of the molecule is COCCOCCOCCNC(=O)n1c(CNC(=O)O)nc2c(C)cccc21. The van der Waals surface area contributed by atoms with E-state index < -0.39 is 12.1 Å². The number of imidazole rings is 1. The van der Waals surface area contributed by atoms with Crippen molar-refractivity contribution in [2.45, 2.75) is 13.5 Å². The van der Waals surface area contributed by atoms with Crippen LogP contribution in [0.4, 0.5) is 9.59 Å². The van der Waals surface area contributed by atoms with E-state index in [4.69, 9.17) is 19.3 Å². The Hall–Kier alpha value is -2.69. The highest BCUT2D eigenvalue weighted by Crippen LogP contribution is 2.19. The van der Waals surface area contributed by atoms with Gasteiger partial charge in [-0.15, -0.1) is 0 Å². The molecule has 2 aromatic rings. The minimum absolute atomic E-state index is 0.0772. The second-order valence-corrected chi connectivity index (χ2v) is 5.91. The van der Waals surface area contributed by atoms with Crippen molar-refractivity contribution in [3.63, 3.8) is 0 Å². The monoisotopic (exact) mass is 394 g/mol. The first-order valence-electron chi connectivity index (χ1n) is 8.91. The predicted molar refractivity (Wildman–Crippen MR) is 102 cm³/mol. The quantitative estimate of drug-likeness (QED) is 0.492. The van der Waals surface area contributed by atoms with Crippen LogP contribution in [-0.4, -0.2) is 73.5 Å². The second kappa shape index (κ2) is 11.2. The van der Waals surface area contributed by atoms with Gasteiger partial charge in [0, 0.05) is 13.7 Å². The van der Waals surface area contributed by atoms with Crippen molar-refractivity contribution >= 4 is 23.2 Å². The lowest BCUT2D eigenvalue weighted by Gasteiger charge is -2.10. The van der Waals surface area contributed by atoms with Crippen molar-refractivity contribution < 1.29 is 28.9 Å². The fourth-order valence-corrected chi connectivity index (χ4v) is 2.56. The number of fused-ring (bicyclic) bond motifs is 1. The smallest absolute Gasteiger partial charge is 0.405 e.